The second kappa shape index (κ2) is 6.39. The van der Waals surface area contributed by atoms with Crippen molar-refractivity contribution in [2.45, 2.75) is 27.4 Å². The summed E-state index contributed by atoms with van der Waals surface area (Å²) in [5, 5.41) is 0. The van der Waals surface area contributed by atoms with Gasteiger partial charge in [-0.1, -0.05) is 0 Å². The van der Waals surface area contributed by atoms with E-state index in [1.165, 1.54) is 0 Å². The van der Waals surface area contributed by atoms with E-state index < -0.39 is 5.41 Å². The summed E-state index contributed by atoms with van der Waals surface area (Å²) in [6.07, 6.45) is 0. The molecule has 2 nitrogen and oxygen atoms in total. The Balaban J connectivity index is 0.00000196. The molecule has 0 fully saturated rings. The van der Waals surface area contributed by atoms with Crippen LogP contribution in [-0.2, 0) is 48.8 Å². The van der Waals surface area contributed by atoms with E-state index in [1.54, 1.807) is 6.07 Å². The second-order valence-corrected chi connectivity index (χ2v) is 4.21. The summed E-state index contributed by atoms with van der Waals surface area (Å²) in [5.41, 5.74) is 0.458. The van der Waals surface area contributed by atoms with Crippen molar-refractivity contribution in [2.75, 3.05) is 0 Å². The predicted molar refractivity (Wildman–Crippen MR) is 54.5 cm³/mol. The average molecular weight is 280 g/mol. The van der Waals surface area contributed by atoms with E-state index in [-0.39, 0.29) is 38.7 Å². The molecule has 0 saturated carbocycles. The van der Waals surface area contributed by atoms with Crippen LogP contribution in [0.4, 0.5) is 0 Å². The molecule has 0 aromatic heterocycles. The third kappa shape index (κ3) is 5.43. The minimum atomic E-state index is -0.436. The van der Waals surface area contributed by atoms with Crippen LogP contribution >= 0.6 is 0 Å². The van der Waals surface area contributed by atoms with E-state index in [2.05, 4.69) is 6.07 Å². The molecule has 0 heterocycles. The number of carbonyl (C=O) groups is 1. The molecule has 0 spiro atoms. The molecule has 0 aliphatic rings. The summed E-state index contributed by atoms with van der Waals surface area (Å²) >= 11 is 0. The quantitative estimate of drug-likeness (QED) is 0.615. The van der Waals surface area contributed by atoms with Gasteiger partial charge in [-0.25, -0.2) is 0 Å². The van der Waals surface area contributed by atoms with Gasteiger partial charge in [0.05, 0.1) is 12.0 Å². The first kappa shape index (κ1) is 14.8. The van der Waals surface area contributed by atoms with Crippen LogP contribution in [0.1, 0.15) is 26.3 Å². The van der Waals surface area contributed by atoms with Gasteiger partial charge in [-0.3, -0.25) is 4.79 Å². The zero-order chi connectivity index (χ0) is 10.6. The van der Waals surface area contributed by atoms with Gasteiger partial charge in [-0.2, -0.15) is 30.3 Å². The van der Waals surface area contributed by atoms with Crippen molar-refractivity contribution in [3.05, 3.63) is 35.9 Å². The summed E-state index contributed by atoms with van der Waals surface area (Å²) in [6, 6.07) is 10.5. The fraction of sp³-hybridized carbons (Fsp3) is 0.417. The number of carbonyl (C=O) groups excluding carboxylic acids is 1. The van der Waals surface area contributed by atoms with Gasteiger partial charge in [-0.05, 0) is 20.8 Å². The first-order valence-corrected chi connectivity index (χ1v) is 4.63. The molecule has 0 N–H and O–H groups in total. The van der Waals surface area contributed by atoms with Crippen molar-refractivity contribution < 1.29 is 42.2 Å². The number of hydrogen-bond donors (Lipinski definition) is 0. The van der Waals surface area contributed by atoms with Crippen LogP contribution in [0.5, 0.6) is 0 Å². The molecule has 0 aliphatic heterocycles. The Morgan fingerprint density at radius 3 is 2.53 bits per heavy atom. The van der Waals surface area contributed by atoms with Crippen LogP contribution in [0.15, 0.2) is 24.3 Å². The van der Waals surface area contributed by atoms with Crippen LogP contribution in [0, 0.1) is 11.5 Å². The first-order valence-electron chi connectivity index (χ1n) is 4.63. The third-order valence-electron chi connectivity index (χ3n) is 1.74. The minimum absolute atomic E-state index is 0. The fourth-order valence-electron chi connectivity index (χ4n) is 0.880. The molecule has 0 unspecified atom stereocenters. The maximum Gasteiger partial charge on any atom is 0.311 e. The van der Waals surface area contributed by atoms with Gasteiger partial charge < -0.3 is 4.74 Å². The Hall–Kier alpha value is -0.206. The molecule has 1 rings (SSSR count). The maximum atomic E-state index is 11.4. The molecule has 15 heavy (non-hydrogen) atoms. The normalized spacial score (nSPS) is 10.3. The number of hydrogen-bond acceptors (Lipinski definition) is 2. The average Bonchev–Trinajstić information content (AvgIpc) is 2.14. The monoisotopic (exact) mass is 280 g/mol. The van der Waals surface area contributed by atoms with E-state index in [1.807, 2.05) is 39.0 Å². The molecule has 1 aromatic carbocycles. The van der Waals surface area contributed by atoms with Gasteiger partial charge in [-0.15, -0.1) is 5.56 Å². The van der Waals surface area contributed by atoms with Crippen LogP contribution in [0.2, 0.25) is 0 Å². The van der Waals surface area contributed by atoms with Crippen molar-refractivity contribution in [3.8, 4) is 0 Å². The van der Waals surface area contributed by atoms with E-state index in [0.29, 0.717) is 6.61 Å². The Morgan fingerprint density at radius 1 is 1.40 bits per heavy atom. The number of rotatable bonds is 2. The Labute approximate surface area is 116 Å². The van der Waals surface area contributed by atoms with Crippen molar-refractivity contribution >= 4 is 5.97 Å². The van der Waals surface area contributed by atoms with E-state index in [0.717, 1.165) is 5.56 Å². The zero-order valence-electron chi connectivity index (χ0n) is 9.41. The minimum Gasteiger partial charge on any atom is -0.463 e. The van der Waals surface area contributed by atoms with Gasteiger partial charge in [0, 0.05) is 32.7 Å². The van der Waals surface area contributed by atoms with Crippen molar-refractivity contribution in [3.63, 3.8) is 0 Å². The Kier molecular flexibility index (Phi) is 6.30. The van der Waals surface area contributed by atoms with Crippen LogP contribution in [0.25, 0.3) is 0 Å². The largest absolute Gasteiger partial charge is 0.463 e. The molecule has 1 aromatic rings. The van der Waals surface area contributed by atoms with Crippen molar-refractivity contribution in [1.29, 1.82) is 0 Å². The molecule has 0 aliphatic carbocycles. The molecular formula is C12H15O2Y-. The molecule has 0 saturated heterocycles. The van der Waals surface area contributed by atoms with Gasteiger partial charge >= 0.3 is 5.97 Å². The molecule has 0 atom stereocenters. The summed E-state index contributed by atoms with van der Waals surface area (Å²) in [5.74, 6) is -0.185. The standard InChI is InChI=1S/C12H15O2.Y/c1-12(2,3)11(13)14-9-10-7-5-4-6-8-10;/h4-7H,9H2,1-3H3;/q-1;. The zero-order valence-corrected chi connectivity index (χ0v) is 12.2. The third-order valence-corrected chi connectivity index (χ3v) is 1.74. The SMILES string of the molecule is CC(C)(C)C(=O)OCc1[c-]cccc1.[Y]. The second-order valence-electron chi connectivity index (χ2n) is 4.21. The van der Waals surface area contributed by atoms with Gasteiger partial charge in [0.1, 0.15) is 0 Å². The topological polar surface area (TPSA) is 26.3 Å². The fourth-order valence-corrected chi connectivity index (χ4v) is 0.880. The number of ether oxygens (including phenoxy) is 1. The van der Waals surface area contributed by atoms with Crippen LogP contribution in [-0.4, -0.2) is 5.97 Å². The van der Waals surface area contributed by atoms with E-state index in [4.69, 9.17) is 4.74 Å². The summed E-state index contributed by atoms with van der Waals surface area (Å²) < 4.78 is 5.12. The van der Waals surface area contributed by atoms with Crippen molar-refractivity contribution in [1.82, 2.24) is 0 Å². The van der Waals surface area contributed by atoms with E-state index in [9.17, 15) is 4.79 Å². The van der Waals surface area contributed by atoms with Gasteiger partial charge in [0.25, 0.3) is 0 Å². The molecule has 3 heteroatoms. The summed E-state index contributed by atoms with van der Waals surface area (Å²) in [6.45, 7) is 5.81. The van der Waals surface area contributed by atoms with Gasteiger partial charge in [0.2, 0.25) is 0 Å². The van der Waals surface area contributed by atoms with Gasteiger partial charge in [0.15, 0.2) is 0 Å². The Bertz CT molecular complexity index is 301. The van der Waals surface area contributed by atoms with Crippen LogP contribution < -0.4 is 0 Å². The smallest absolute Gasteiger partial charge is 0.311 e. The maximum absolute atomic E-state index is 11.4. The van der Waals surface area contributed by atoms with Crippen LogP contribution in [0.3, 0.4) is 0 Å². The molecule has 79 valence electrons. The Morgan fingerprint density at radius 2 is 2.07 bits per heavy atom. The molecule has 0 bridgehead atoms. The summed E-state index contributed by atoms with van der Waals surface area (Å²) in [7, 11) is 0. The summed E-state index contributed by atoms with van der Waals surface area (Å²) in [4.78, 5) is 11.4. The number of esters is 1. The molecule has 1 radical (unpaired) electrons. The van der Waals surface area contributed by atoms with E-state index >= 15 is 0 Å². The molecule has 0 amide bonds. The van der Waals surface area contributed by atoms with Crippen molar-refractivity contribution in [2.24, 2.45) is 5.41 Å². The first-order chi connectivity index (χ1) is 6.50. The number of benzene rings is 1. The predicted octanol–water partition coefficient (Wildman–Crippen LogP) is 2.57. The molecular weight excluding hydrogens is 265 g/mol.